The second-order valence-corrected chi connectivity index (χ2v) is 6.44. The fourth-order valence-corrected chi connectivity index (χ4v) is 3.13. The highest BCUT2D eigenvalue weighted by atomic mass is 32.2. The first-order chi connectivity index (χ1) is 10.1. The molecule has 5 heteroatoms. The third-order valence-electron chi connectivity index (χ3n) is 3.32. The van der Waals surface area contributed by atoms with Crippen molar-refractivity contribution >= 4 is 15.9 Å². The molecule has 0 saturated carbocycles. The third kappa shape index (κ3) is 2.78. The van der Waals surface area contributed by atoms with E-state index in [1.807, 2.05) is 31.2 Å². The minimum atomic E-state index is -3.83. The molecule has 0 fully saturated rings. The van der Waals surface area contributed by atoms with E-state index in [0.29, 0.717) is 12.3 Å². The molecule has 2 aromatic rings. The maximum Gasteiger partial charge on any atom is 0.339 e. The van der Waals surface area contributed by atoms with Gasteiger partial charge in [-0.1, -0.05) is 42.0 Å². The Labute approximate surface area is 124 Å². The molecule has 3 rings (SSSR count). The highest BCUT2D eigenvalue weighted by molar-refractivity contribution is 7.87. The van der Waals surface area contributed by atoms with Crippen molar-refractivity contribution < 1.29 is 12.6 Å². The van der Waals surface area contributed by atoms with Gasteiger partial charge in [0, 0.05) is 18.3 Å². The predicted octanol–water partition coefficient (Wildman–Crippen LogP) is 2.80. The molecule has 1 aliphatic rings. The van der Waals surface area contributed by atoms with E-state index < -0.39 is 10.1 Å². The van der Waals surface area contributed by atoms with Crippen LogP contribution in [0.2, 0.25) is 0 Å². The maximum absolute atomic E-state index is 12.3. The molecule has 0 aromatic heterocycles. The fraction of sp³-hybridized carbons (Fsp3) is 0.125. The molecule has 0 aliphatic carbocycles. The Hall–Kier alpha value is -2.27. The summed E-state index contributed by atoms with van der Waals surface area (Å²) in [6, 6.07) is 14.2. The molecule has 4 nitrogen and oxygen atoms in total. The van der Waals surface area contributed by atoms with Gasteiger partial charge in [0.05, 0.1) is 0 Å². The van der Waals surface area contributed by atoms with Crippen LogP contribution in [0.4, 0.5) is 0 Å². The van der Waals surface area contributed by atoms with Crippen LogP contribution in [-0.4, -0.2) is 8.42 Å². The van der Waals surface area contributed by atoms with E-state index in [1.54, 1.807) is 30.5 Å². The van der Waals surface area contributed by atoms with Crippen LogP contribution in [0.5, 0.6) is 0 Å². The van der Waals surface area contributed by atoms with Gasteiger partial charge in [-0.2, -0.15) is 8.42 Å². The molecule has 0 unspecified atom stereocenters. The number of hydrogen-bond donors (Lipinski definition) is 1. The molecule has 1 aliphatic heterocycles. The van der Waals surface area contributed by atoms with Crippen molar-refractivity contribution in [3.8, 4) is 0 Å². The van der Waals surface area contributed by atoms with Crippen LogP contribution < -0.4 is 5.32 Å². The fourth-order valence-electron chi connectivity index (χ4n) is 2.19. The number of hydrogen-bond acceptors (Lipinski definition) is 4. The molecular weight excluding hydrogens is 286 g/mol. The molecule has 1 N–H and O–H groups in total. The summed E-state index contributed by atoms with van der Waals surface area (Å²) in [5, 5.41) is 3.02. The van der Waals surface area contributed by atoms with E-state index >= 15 is 0 Å². The molecule has 2 aromatic carbocycles. The summed E-state index contributed by atoms with van der Waals surface area (Å²) < 4.78 is 30.0. The summed E-state index contributed by atoms with van der Waals surface area (Å²) in [6.07, 6.45) is 1.59. The topological polar surface area (TPSA) is 55.4 Å². The van der Waals surface area contributed by atoms with Crippen LogP contribution in [0.25, 0.3) is 5.76 Å². The van der Waals surface area contributed by atoms with Gasteiger partial charge >= 0.3 is 10.1 Å². The van der Waals surface area contributed by atoms with Gasteiger partial charge in [0.25, 0.3) is 0 Å². The summed E-state index contributed by atoms with van der Waals surface area (Å²) in [5.41, 5.74) is 2.80. The summed E-state index contributed by atoms with van der Waals surface area (Å²) in [7, 11) is -3.83. The van der Waals surface area contributed by atoms with Crippen LogP contribution in [0.3, 0.4) is 0 Å². The third-order valence-corrected chi connectivity index (χ3v) is 4.57. The number of fused-ring (bicyclic) bond motifs is 1. The maximum atomic E-state index is 12.3. The zero-order valence-corrected chi connectivity index (χ0v) is 12.4. The summed E-state index contributed by atoms with van der Waals surface area (Å²) >= 11 is 0. The summed E-state index contributed by atoms with van der Waals surface area (Å²) in [5.74, 6) is 0.317. The number of aryl methyl sites for hydroxylation is 1. The SMILES string of the molecule is Cc1ccc(S(=O)(=O)OC2=CNCc3ccccc32)cc1. The molecular formula is C16H15NO3S. The van der Waals surface area contributed by atoms with E-state index in [9.17, 15) is 8.42 Å². The van der Waals surface area contributed by atoms with Crippen LogP contribution in [0.1, 0.15) is 16.7 Å². The quantitative estimate of drug-likeness (QED) is 0.886. The minimum absolute atomic E-state index is 0.150. The van der Waals surface area contributed by atoms with Crippen LogP contribution in [-0.2, 0) is 20.8 Å². The first kappa shape index (κ1) is 13.7. The second kappa shape index (κ2) is 5.26. The molecule has 0 saturated heterocycles. The Balaban J connectivity index is 1.93. The molecule has 0 bridgehead atoms. The second-order valence-electron chi connectivity index (χ2n) is 4.90. The van der Waals surface area contributed by atoms with Crippen LogP contribution in [0, 0.1) is 6.92 Å². The van der Waals surface area contributed by atoms with Crippen molar-refractivity contribution in [2.75, 3.05) is 0 Å². The van der Waals surface area contributed by atoms with Crippen LogP contribution in [0.15, 0.2) is 59.6 Å². The summed E-state index contributed by atoms with van der Waals surface area (Å²) in [4.78, 5) is 0.150. The lowest BCUT2D eigenvalue weighted by Crippen LogP contribution is -2.16. The van der Waals surface area contributed by atoms with Crippen molar-refractivity contribution in [1.29, 1.82) is 0 Å². The van der Waals surface area contributed by atoms with E-state index in [2.05, 4.69) is 5.32 Å². The first-order valence-corrected chi connectivity index (χ1v) is 8.00. The molecule has 21 heavy (non-hydrogen) atoms. The lowest BCUT2D eigenvalue weighted by molar-refractivity contribution is 0.459. The number of nitrogens with one attached hydrogen (secondary N) is 1. The molecule has 1 heterocycles. The Morgan fingerprint density at radius 2 is 1.76 bits per heavy atom. The van der Waals surface area contributed by atoms with Crippen molar-refractivity contribution in [2.45, 2.75) is 18.4 Å². The Morgan fingerprint density at radius 3 is 2.52 bits per heavy atom. The van der Waals surface area contributed by atoms with Gasteiger partial charge in [-0.25, -0.2) is 0 Å². The lowest BCUT2D eigenvalue weighted by atomic mass is 10.0. The number of rotatable bonds is 3. The zero-order valence-electron chi connectivity index (χ0n) is 11.5. The summed E-state index contributed by atoms with van der Waals surface area (Å²) in [6.45, 7) is 2.56. The van der Waals surface area contributed by atoms with Gasteiger partial charge in [0.2, 0.25) is 0 Å². The molecule has 0 amide bonds. The highest BCUT2D eigenvalue weighted by Gasteiger charge is 2.21. The van der Waals surface area contributed by atoms with E-state index in [4.69, 9.17) is 4.18 Å². The molecule has 0 spiro atoms. The average molecular weight is 301 g/mol. The molecule has 0 radical (unpaired) electrons. The van der Waals surface area contributed by atoms with Gasteiger partial charge in [0.15, 0.2) is 5.76 Å². The van der Waals surface area contributed by atoms with Crippen molar-refractivity contribution in [2.24, 2.45) is 0 Å². The van der Waals surface area contributed by atoms with E-state index in [1.165, 1.54) is 0 Å². The largest absolute Gasteiger partial charge is 0.384 e. The van der Waals surface area contributed by atoms with Gasteiger partial charge in [-0.15, -0.1) is 0 Å². The Bertz CT molecular complexity index is 793. The lowest BCUT2D eigenvalue weighted by Gasteiger charge is -2.18. The van der Waals surface area contributed by atoms with Crippen molar-refractivity contribution in [1.82, 2.24) is 5.32 Å². The van der Waals surface area contributed by atoms with Crippen LogP contribution >= 0.6 is 0 Å². The normalized spacial score (nSPS) is 13.9. The first-order valence-electron chi connectivity index (χ1n) is 6.59. The standard InChI is InChI=1S/C16H15NO3S/c1-12-6-8-14(9-7-12)21(18,19)20-16-11-17-10-13-4-2-3-5-15(13)16/h2-9,11,17H,10H2,1H3. The van der Waals surface area contributed by atoms with Gasteiger partial charge in [-0.05, 0) is 24.6 Å². The smallest absolute Gasteiger partial charge is 0.339 e. The predicted molar refractivity (Wildman–Crippen MR) is 80.7 cm³/mol. The minimum Gasteiger partial charge on any atom is -0.384 e. The van der Waals surface area contributed by atoms with E-state index in [0.717, 1.165) is 16.7 Å². The Morgan fingerprint density at radius 1 is 1.05 bits per heavy atom. The van der Waals surface area contributed by atoms with Gasteiger partial charge in [-0.3, -0.25) is 0 Å². The number of benzene rings is 2. The van der Waals surface area contributed by atoms with Gasteiger partial charge < -0.3 is 9.50 Å². The van der Waals surface area contributed by atoms with Crippen molar-refractivity contribution in [3.05, 3.63) is 71.4 Å². The van der Waals surface area contributed by atoms with E-state index in [-0.39, 0.29) is 4.90 Å². The van der Waals surface area contributed by atoms with Gasteiger partial charge in [0.1, 0.15) is 4.90 Å². The average Bonchev–Trinajstić information content (AvgIpc) is 2.48. The zero-order chi connectivity index (χ0) is 14.9. The highest BCUT2D eigenvalue weighted by Crippen LogP contribution is 2.27. The molecule has 0 atom stereocenters. The van der Waals surface area contributed by atoms with Crippen molar-refractivity contribution in [3.63, 3.8) is 0 Å². The Kier molecular flexibility index (Phi) is 3.43. The monoisotopic (exact) mass is 301 g/mol. The molecule has 108 valence electrons.